The quantitative estimate of drug-likeness (QED) is 0.495. The standard InChI is InChI=1S/C27H26N2O5/c1-5-17-10-12-18(13-11-17)29-26(30)24(20-8-6-7-9-22(20)33-3)25(27(29)31)28-21-15-14-19(32-2)16-23(21)34-4/h6-16,28H,5H2,1-4H3. The van der Waals surface area contributed by atoms with Gasteiger partial charge in [0, 0.05) is 11.6 Å². The Labute approximate surface area is 198 Å². The molecule has 0 fully saturated rings. The van der Waals surface area contributed by atoms with E-state index in [0.29, 0.717) is 34.2 Å². The molecule has 0 saturated heterocycles. The second kappa shape index (κ2) is 9.70. The van der Waals surface area contributed by atoms with Crippen LogP contribution in [0.3, 0.4) is 0 Å². The van der Waals surface area contributed by atoms with E-state index < -0.39 is 11.8 Å². The van der Waals surface area contributed by atoms with E-state index in [1.165, 1.54) is 19.1 Å². The van der Waals surface area contributed by atoms with Crippen molar-refractivity contribution in [3.63, 3.8) is 0 Å². The molecule has 0 bridgehead atoms. The molecule has 3 aromatic carbocycles. The van der Waals surface area contributed by atoms with Gasteiger partial charge in [-0.25, -0.2) is 4.90 Å². The molecule has 1 N–H and O–H groups in total. The maximum atomic E-state index is 13.7. The summed E-state index contributed by atoms with van der Waals surface area (Å²) in [6.07, 6.45) is 0.858. The number of amides is 2. The number of benzene rings is 3. The average Bonchev–Trinajstić information content (AvgIpc) is 3.12. The second-order valence-corrected chi connectivity index (χ2v) is 7.61. The average molecular weight is 459 g/mol. The third-order valence-electron chi connectivity index (χ3n) is 5.73. The number of hydrogen-bond donors (Lipinski definition) is 1. The summed E-state index contributed by atoms with van der Waals surface area (Å²) in [5.41, 5.74) is 3.01. The molecule has 4 rings (SSSR count). The Morgan fingerprint density at radius 2 is 1.50 bits per heavy atom. The smallest absolute Gasteiger partial charge is 0.282 e. The first kappa shape index (κ1) is 22.9. The number of aryl methyl sites for hydroxylation is 1. The summed E-state index contributed by atoms with van der Waals surface area (Å²) in [6, 6.07) is 19.7. The van der Waals surface area contributed by atoms with Gasteiger partial charge in [0.25, 0.3) is 11.8 Å². The number of carbonyl (C=O) groups is 2. The van der Waals surface area contributed by atoms with Crippen LogP contribution in [-0.2, 0) is 16.0 Å². The maximum absolute atomic E-state index is 13.7. The molecule has 2 amide bonds. The highest BCUT2D eigenvalue weighted by molar-refractivity contribution is 6.46. The lowest BCUT2D eigenvalue weighted by Gasteiger charge is -2.16. The predicted molar refractivity (Wildman–Crippen MR) is 131 cm³/mol. The number of imide groups is 1. The molecule has 34 heavy (non-hydrogen) atoms. The first-order chi connectivity index (χ1) is 16.5. The van der Waals surface area contributed by atoms with Crippen molar-refractivity contribution in [3.05, 3.63) is 83.6 Å². The fraction of sp³-hybridized carbons (Fsp3) is 0.185. The van der Waals surface area contributed by atoms with E-state index in [0.717, 1.165) is 12.0 Å². The van der Waals surface area contributed by atoms with Gasteiger partial charge in [-0.15, -0.1) is 0 Å². The Balaban J connectivity index is 1.85. The van der Waals surface area contributed by atoms with Crippen molar-refractivity contribution in [2.24, 2.45) is 0 Å². The zero-order valence-corrected chi connectivity index (χ0v) is 19.5. The molecular weight excluding hydrogens is 432 g/mol. The van der Waals surface area contributed by atoms with Crippen LogP contribution < -0.4 is 24.4 Å². The molecule has 7 heteroatoms. The van der Waals surface area contributed by atoms with Gasteiger partial charge in [-0.2, -0.15) is 0 Å². The van der Waals surface area contributed by atoms with Crippen molar-refractivity contribution in [3.8, 4) is 17.2 Å². The largest absolute Gasteiger partial charge is 0.497 e. The monoisotopic (exact) mass is 458 g/mol. The van der Waals surface area contributed by atoms with Crippen LogP contribution in [0, 0.1) is 0 Å². The molecule has 0 radical (unpaired) electrons. The third kappa shape index (κ3) is 4.08. The van der Waals surface area contributed by atoms with E-state index in [2.05, 4.69) is 5.32 Å². The number of rotatable bonds is 8. The summed E-state index contributed by atoms with van der Waals surface area (Å²) in [4.78, 5) is 28.5. The topological polar surface area (TPSA) is 77.1 Å². The van der Waals surface area contributed by atoms with Crippen molar-refractivity contribution in [1.29, 1.82) is 0 Å². The van der Waals surface area contributed by atoms with Crippen LogP contribution in [0.15, 0.2) is 72.4 Å². The van der Waals surface area contributed by atoms with Crippen LogP contribution >= 0.6 is 0 Å². The van der Waals surface area contributed by atoms with Crippen LogP contribution in [0.25, 0.3) is 5.57 Å². The fourth-order valence-electron chi connectivity index (χ4n) is 3.90. The SMILES string of the molecule is CCc1ccc(N2C(=O)C(Nc3ccc(OC)cc3OC)=C(c3ccccc3OC)C2=O)cc1. The Morgan fingerprint density at radius 3 is 2.15 bits per heavy atom. The van der Waals surface area contributed by atoms with Crippen molar-refractivity contribution < 1.29 is 23.8 Å². The van der Waals surface area contributed by atoms with E-state index in [-0.39, 0.29) is 11.3 Å². The summed E-state index contributed by atoms with van der Waals surface area (Å²) in [6.45, 7) is 2.05. The molecule has 3 aromatic rings. The van der Waals surface area contributed by atoms with Gasteiger partial charge in [0.1, 0.15) is 22.9 Å². The van der Waals surface area contributed by atoms with Crippen LogP contribution in [0.5, 0.6) is 17.2 Å². The summed E-state index contributed by atoms with van der Waals surface area (Å²) in [5.74, 6) is 0.662. The first-order valence-electron chi connectivity index (χ1n) is 10.9. The van der Waals surface area contributed by atoms with Crippen molar-refractivity contribution >= 4 is 28.8 Å². The number of nitrogens with one attached hydrogen (secondary N) is 1. The van der Waals surface area contributed by atoms with E-state index in [1.807, 2.05) is 25.1 Å². The van der Waals surface area contributed by atoms with Gasteiger partial charge in [-0.05, 0) is 42.3 Å². The molecule has 0 unspecified atom stereocenters. The maximum Gasteiger partial charge on any atom is 0.282 e. The highest BCUT2D eigenvalue weighted by Gasteiger charge is 2.41. The zero-order chi connectivity index (χ0) is 24.2. The van der Waals surface area contributed by atoms with Crippen LogP contribution in [0.4, 0.5) is 11.4 Å². The lowest BCUT2D eigenvalue weighted by molar-refractivity contribution is -0.120. The van der Waals surface area contributed by atoms with Gasteiger partial charge in [0.15, 0.2) is 0 Å². The highest BCUT2D eigenvalue weighted by Crippen LogP contribution is 2.39. The number of nitrogens with zero attached hydrogens (tertiary/aromatic N) is 1. The molecule has 174 valence electrons. The minimum atomic E-state index is -0.465. The van der Waals surface area contributed by atoms with Gasteiger partial charge in [-0.3, -0.25) is 9.59 Å². The number of methoxy groups -OCH3 is 3. The Morgan fingerprint density at radius 1 is 0.794 bits per heavy atom. The minimum absolute atomic E-state index is 0.137. The summed E-state index contributed by atoms with van der Waals surface area (Å²) in [7, 11) is 4.62. The summed E-state index contributed by atoms with van der Waals surface area (Å²) < 4.78 is 16.3. The zero-order valence-electron chi connectivity index (χ0n) is 19.5. The predicted octanol–water partition coefficient (Wildman–Crippen LogP) is 4.67. The van der Waals surface area contributed by atoms with E-state index in [1.54, 1.807) is 55.6 Å². The molecule has 0 spiro atoms. The molecule has 1 aliphatic rings. The second-order valence-electron chi connectivity index (χ2n) is 7.61. The van der Waals surface area contributed by atoms with Crippen LogP contribution in [-0.4, -0.2) is 33.1 Å². The van der Waals surface area contributed by atoms with Crippen molar-refractivity contribution in [2.75, 3.05) is 31.5 Å². The Bertz CT molecular complexity index is 1260. The molecule has 0 aliphatic carbocycles. The first-order valence-corrected chi connectivity index (χ1v) is 10.9. The minimum Gasteiger partial charge on any atom is -0.497 e. The molecular formula is C27H26N2O5. The highest BCUT2D eigenvalue weighted by atomic mass is 16.5. The third-order valence-corrected chi connectivity index (χ3v) is 5.73. The van der Waals surface area contributed by atoms with E-state index >= 15 is 0 Å². The molecule has 0 aromatic heterocycles. The van der Waals surface area contributed by atoms with Gasteiger partial charge in [0.2, 0.25) is 0 Å². The van der Waals surface area contributed by atoms with Crippen molar-refractivity contribution in [1.82, 2.24) is 0 Å². The fourth-order valence-corrected chi connectivity index (χ4v) is 3.90. The van der Waals surface area contributed by atoms with Gasteiger partial charge in [0.05, 0.1) is 38.3 Å². The molecule has 1 aliphatic heterocycles. The summed E-state index contributed by atoms with van der Waals surface area (Å²) >= 11 is 0. The molecule has 7 nitrogen and oxygen atoms in total. The van der Waals surface area contributed by atoms with E-state index in [4.69, 9.17) is 14.2 Å². The molecule has 0 saturated carbocycles. The van der Waals surface area contributed by atoms with Gasteiger partial charge < -0.3 is 19.5 Å². The number of anilines is 2. The number of para-hydroxylation sites is 1. The van der Waals surface area contributed by atoms with E-state index in [9.17, 15) is 9.59 Å². The van der Waals surface area contributed by atoms with Crippen LogP contribution in [0.1, 0.15) is 18.1 Å². The molecule has 1 heterocycles. The normalized spacial score (nSPS) is 13.4. The lowest BCUT2D eigenvalue weighted by Crippen LogP contribution is -2.32. The number of carbonyl (C=O) groups excluding carboxylic acids is 2. The Kier molecular flexibility index (Phi) is 6.54. The molecule has 0 atom stereocenters. The lowest BCUT2D eigenvalue weighted by atomic mass is 10.0. The summed E-state index contributed by atoms with van der Waals surface area (Å²) in [5, 5.41) is 3.15. The van der Waals surface area contributed by atoms with Gasteiger partial charge in [-0.1, -0.05) is 37.3 Å². The number of ether oxygens (including phenoxy) is 3. The van der Waals surface area contributed by atoms with Gasteiger partial charge >= 0.3 is 0 Å². The van der Waals surface area contributed by atoms with Crippen molar-refractivity contribution in [2.45, 2.75) is 13.3 Å². The van der Waals surface area contributed by atoms with Crippen LogP contribution in [0.2, 0.25) is 0 Å². The number of hydrogen-bond acceptors (Lipinski definition) is 6. The Hall–Kier alpha value is -4.26.